The minimum atomic E-state index is -0.248. The van der Waals surface area contributed by atoms with Crippen molar-refractivity contribution in [3.8, 4) is 0 Å². The van der Waals surface area contributed by atoms with Gasteiger partial charge < -0.3 is 15.1 Å². The standard InChI is InChI=1S/C22H26N4O2/c27-20(26-12-11-23-22(26)28)17-24-13-15-25(16-14-24)21(18-7-3-1-4-8-18)19-9-5-2-6-10-19/h1-10,21H,11-17H2,(H,23,28)/p+2. The third-order valence-corrected chi connectivity index (χ3v) is 5.83. The van der Waals surface area contributed by atoms with Gasteiger partial charge in [-0.1, -0.05) is 60.7 Å². The predicted octanol–water partition coefficient (Wildman–Crippen LogP) is -0.889. The summed E-state index contributed by atoms with van der Waals surface area (Å²) in [6.45, 7) is 5.34. The van der Waals surface area contributed by atoms with Gasteiger partial charge in [0.2, 0.25) is 0 Å². The highest BCUT2D eigenvalue weighted by atomic mass is 16.2. The molecule has 0 aromatic heterocycles. The van der Waals surface area contributed by atoms with Crippen LogP contribution < -0.4 is 15.1 Å². The molecule has 2 aliphatic heterocycles. The Morgan fingerprint density at radius 1 is 0.929 bits per heavy atom. The van der Waals surface area contributed by atoms with Crippen molar-refractivity contribution in [3.63, 3.8) is 0 Å². The zero-order valence-corrected chi connectivity index (χ0v) is 16.1. The maximum absolute atomic E-state index is 12.4. The normalized spacial score (nSPS) is 22.3. The first-order valence-corrected chi connectivity index (χ1v) is 10.1. The van der Waals surface area contributed by atoms with Crippen molar-refractivity contribution in [1.29, 1.82) is 0 Å². The summed E-state index contributed by atoms with van der Waals surface area (Å²) in [4.78, 5) is 28.3. The minimum absolute atomic E-state index is 0.0591. The molecule has 4 rings (SSSR count). The van der Waals surface area contributed by atoms with Crippen molar-refractivity contribution >= 4 is 11.9 Å². The molecule has 28 heavy (non-hydrogen) atoms. The highest BCUT2D eigenvalue weighted by Crippen LogP contribution is 2.18. The van der Waals surface area contributed by atoms with Gasteiger partial charge in [0.1, 0.15) is 32.2 Å². The second-order valence-corrected chi connectivity index (χ2v) is 7.62. The molecule has 2 aromatic carbocycles. The molecule has 6 nitrogen and oxygen atoms in total. The molecule has 0 atom stereocenters. The summed E-state index contributed by atoms with van der Waals surface area (Å²) in [5, 5.41) is 2.70. The molecule has 0 bridgehead atoms. The molecule has 0 unspecified atom stereocenters. The molecule has 0 saturated carbocycles. The van der Waals surface area contributed by atoms with Crippen LogP contribution in [0.15, 0.2) is 60.7 Å². The molecule has 3 amide bonds. The Balaban J connectivity index is 1.42. The summed E-state index contributed by atoms with van der Waals surface area (Å²) < 4.78 is 0. The Kier molecular flexibility index (Phi) is 5.69. The molecule has 0 aliphatic carbocycles. The SMILES string of the molecule is O=C(C[NH+]1CC[NH+](C(c2ccccc2)c2ccccc2)CC1)N1CCNC1=O. The van der Waals surface area contributed by atoms with E-state index in [2.05, 4.69) is 66.0 Å². The van der Waals surface area contributed by atoms with Gasteiger partial charge in [-0.25, -0.2) is 4.79 Å². The van der Waals surface area contributed by atoms with Crippen LogP contribution in [0.4, 0.5) is 4.79 Å². The monoisotopic (exact) mass is 380 g/mol. The lowest BCUT2D eigenvalue weighted by Gasteiger charge is -2.35. The van der Waals surface area contributed by atoms with Crippen LogP contribution in [-0.2, 0) is 4.79 Å². The Morgan fingerprint density at radius 2 is 1.50 bits per heavy atom. The second kappa shape index (κ2) is 8.54. The number of rotatable bonds is 5. The molecular weight excluding hydrogens is 352 g/mol. The summed E-state index contributed by atoms with van der Waals surface area (Å²) in [5.41, 5.74) is 2.66. The maximum Gasteiger partial charge on any atom is 0.324 e. The first-order valence-electron chi connectivity index (χ1n) is 10.1. The number of nitrogens with zero attached hydrogens (tertiary/aromatic N) is 1. The number of benzene rings is 2. The van der Waals surface area contributed by atoms with Gasteiger partial charge in [0.25, 0.3) is 5.91 Å². The molecule has 146 valence electrons. The fourth-order valence-corrected chi connectivity index (χ4v) is 4.36. The molecule has 6 heteroatoms. The summed E-state index contributed by atoms with van der Waals surface area (Å²) in [6, 6.07) is 21.4. The van der Waals surface area contributed by atoms with Crippen LogP contribution in [0.25, 0.3) is 0 Å². The van der Waals surface area contributed by atoms with E-state index in [-0.39, 0.29) is 11.9 Å². The van der Waals surface area contributed by atoms with Crippen LogP contribution in [0.3, 0.4) is 0 Å². The van der Waals surface area contributed by atoms with Crippen molar-refractivity contribution in [2.24, 2.45) is 0 Å². The van der Waals surface area contributed by atoms with Crippen LogP contribution >= 0.6 is 0 Å². The zero-order chi connectivity index (χ0) is 19.3. The number of carbonyl (C=O) groups is 2. The summed E-state index contributed by atoms with van der Waals surface area (Å²) in [7, 11) is 0. The van der Waals surface area contributed by atoms with E-state index in [1.165, 1.54) is 25.8 Å². The number of imide groups is 1. The Morgan fingerprint density at radius 3 is 2.00 bits per heavy atom. The summed E-state index contributed by atoms with van der Waals surface area (Å²) in [5.74, 6) is -0.0591. The highest BCUT2D eigenvalue weighted by molar-refractivity contribution is 5.96. The Labute approximate surface area is 165 Å². The molecule has 0 spiro atoms. The fraction of sp³-hybridized carbons (Fsp3) is 0.364. The number of quaternary nitrogens is 2. The molecule has 2 aromatic rings. The maximum atomic E-state index is 12.4. The van der Waals surface area contributed by atoms with Gasteiger partial charge in [-0.2, -0.15) is 0 Å². The molecule has 2 saturated heterocycles. The molecule has 2 heterocycles. The average molecular weight is 380 g/mol. The van der Waals surface area contributed by atoms with E-state index in [1.807, 2.05) is 0 Å². The number of urea groups is 1. The third kappa shape index (κ3) is 4.08. The topological polar surface area (TPSA) is 58.3 Å². The van der Waals surface area contributed by atoms with Gasteiger partial charge in [0.15, 0.2) is 6.54 Å². The van der Waals surface area contributed by atoms with Crippen molar-refractivity contribution < 1.29 is 19.4 Å². The van der Waals surface area contributed by atoms with E-state index in [4.69, 9.17) is 0 Å². The van der Waals surface area contributed by atoms with Gasteiger partial charge >= 0.3 is 6.03 Å². The predicted molar refractivity (Wildman–Crippen MR) is 106 cm³/mol. The molecule has 3 N–H and O–H groups in total. The van der Waals surface area contributed by atoms with Gasteiger partial charge in [-0.15, -0.1) is 0 Å². The quantitative estimate of drug-likeness (QED) is 0.631. The Bertz CT molecular complexity index is 764. The number of hydrogen-bond donors (Lipinski definition) is 3. The smallest absolute Gasteiger partial charge is 0.324 e. The lowest BCUT2D eigenvalue weighted by Crippen LogP contribution is -3.28. The van der Waals surface area contributed by atoms with E-state index in [1.54, 1.807) is 0 Å². The number of piperazine rings is 1. The minimum Gasteiger partial charge on any atom is -0.336 e. The number of nitrogens with one attached hydrogen (secondary N) is 3. The van der Waals surface area contributed by atoms with Crippen molar-refractivity contribution in [3.05, 3.63) is 71.8 Å². The zero-order valence-electron chi connectivity index (χ0n) is 16.1. The van der Waals surface area contributed by atoms with E-state index in [0.717, 1.165) is 26.2 Å². The lowest BCUT2D eigenvalue weighted by molar-refractivity contribution is -1.02. The van der Waals surface area contributed by atoms with Crippen LogP contribution in [-0.4, -0.2) is 62.7 Å². The van der Waals surface area contributed by atoms with E-state index in [0.29, 0.717) is 25.7 Å². The van der Waals surface area contributed by atoms with E-state index < -0.39 is 0 Å². The number of amides is 3. The number of carbonyl (C=O) groups excluding carboxylic acids is 2. The van der Waals surface area contributed by atoms with E-state index in [9.17, 15) is 9.59 Å². The van der Waals surface area contributed by atoms with E-state index >= 15 is 0 Å². The van der Waals surface area contributed by atoms with Crippen LogP contribution in [0.5, 0.6) is 0 Å². The second-order valence-electron chi connectivity index (χ2n) is 7.62. The first kappa shape index (κ1) is 18.7. The Hall–Kier alpha value is -2.70. The average Bonchev–Trinajstić information content (AvgIpc) is 3.17. The molecule has 2 fully saturated rings. The summed E-state index contributed by atoms with van der Waals surface area (Å²) >= 11 is 0. The van der Waals surface area contributed by atoms with Crippen LogP contribution in [0.1, 0.15) is 17.2 Å². The summed E-state index contributed by atoms with van der Waals surface area (Å²) in [6.07, 6.45) is 0. The van der Waals surface area contributed by atoms with Crippen molar-refractivity contribution in [2.75, 3.05) is 45.8 Å². The largest absolute Gasteiger partial charge is 0.336 e. The molecule has 0 radical (unpaired) electrons. The van der Waals surface area contributed by atoms with Crippen LogP contribution in [0, 0.1) is 0 Å². The van der Waals surface area contributed by atoms with Crippen molar-refractivity contribution in [2.45, 2.75) is 6.04 Å². The lowest BCUT2D eigenvalue weighted by atomic mass is 9.96. The molecular formula is C22H28N4O2+2. The van der Waals surface area contributed by atoms with Gasteiger partial charge in [0.05, 0.1) is 0 Å². The van der Waals surface area contributed by atoms with Crippen LogP contribution in [0.2, 0.25) is 0 Å². The van der Waals surface area contributed by atoms with Gasteiger partial charge in [0, 0.05) is 24.2 Å². The number of hydrogen-bond acceptors (Lipinski definition) is 2. The van der Waals surface area contributed by atoms with Gasteiger partial charge in [-0.05, 0) is 0 Å². The first-order chi connectivity index (χ1) is 13.7. The fourth-order valence-electron chi connectivity index (χ4n) is 4.36. The third-order valence-electron chi connectivity index (χ3n) is 5.83. The molecule has 2 aliphatic rings. The van der Waals surface area contributed by atoms with Gasteiger partial charge in [-0.3, -0.25) is 9.69 Å². The highest BCUT2D eigenvalue weighted by Gasteiger charge is 2.34. The van der Waals surface area contributed by atoms with Crippen molar-refractivity contribution in [1.82, 2.24) is 10.2 Å².